The first-order valence-corrected chi connectivity index (χ1v) is 5.19. The maximum absolute atomic E-state index is 4.39. The number of nitrogens with zero attached hydrogens (tertiary/aromatic N) is 2. The lowest BCUT2D eigenvalue weighted by molar-refractivity contribution is 0.535. The first kappa shape index (κ1) is 10.3. The van der Waals surface area contributed by atoms with Crippen LogP contribution in [0.4, 0.5) is 0 Å². The molecule has 0 saturated carbocycles. The summed E-state index contributed by atoms with van der Waals surface area (Å²) in [5, 5.41) is 4.39. The van der Waals surface area contributed by atoms with E-state index in [4.69, 9.17) is 0 Å². The fraction of sp³-hybridized carbons (Fsp3) is 0.727. The summed E-state index contributed by atoms with van der Waals surface area (Å²) < 4.78 is 2.16. The van der Waals surface area contributed by atoms with Crippen LogP contribution < -0.4 is 0 Å². The van der Waals surface area contributed by atoms with E-state index in [1.165, 1.54) is 24.1 Å². The molecule has 2 nitrogen and oxygen atoms in total. The third-order valence-electron chi connectivity index (χ3n) is 2.34. The maximum atomic E-state index is 4.39. The van der Waals surface area contributed by atoms with Crippen molar-refractivity contribution in [3.63, 3.8) is 0 Å². The van der Waals surface area contributed by atoms with Crippen molar-refractivity contribution in [2.24, 2.45) is 0 Å². The molecule has 0 saturated heterocycles. The topological polar surface area (TPSA) is 17.8 Å². The Hall–Kier alpha value is -0.790. The van der Waals surface area contributed by atoms with E-state index in [2.05, 4.69) is 37.5 Å². The Morgan fingerprint density at radius 2 is 2.15 bits per heavy atom. The van der Waals surface area contributed by atoms with Crippen LogP contribution >= 0.6 is 0 Å². The van der Waals surface area contributed by atoms with Crippen LogP contribution in [0.15, 0.2) is 6.20 Å². The maximum Gasteiger partial charge on any atom is 0.0521 e. The molecule has 0 aliphatic carbocycles. The molecule has 2 heteroatoms. The second kappa shape index (κ2) is 4.45. The third kappa shape index (κ3) is 2.33. The molecule has 1 heterocycles. The normalized spacial score (nSPS) is 11.2. The summed E-state index contributed by atoms with van der Waals surface area (Å²) in [5.74, 6) is 0.583. The van der Waals surface area contributed by atoms with E-state index in [9.17, 15) is 0 Å². The van der Waals surface area contributed by atoms with Gasteiger partial charge in [-0.25, -0.2) is 0 Å². The minimum atomic E-state index is 0.583. The average Bonchev–Trinajstić information content (AvgIpc) is 2.43. The Kier molecular flexibility index (Phi) is 3.52. The van der Waals surface area contributed by atoms with Crippen molar-refractivity contribution in [2.45, 2.75) is 53.0 Å². The van der Waals surface area contributed by atoms with E-state index >= 15 is 0 Å². The Morgan fingerprint density at radius 3 is 2.69 bits per heavy atom. The average molecular weight is 180 g/mol. The Morgan fingerprint density at radius 1 is 1.46 bits per heavy atom. The zero-order valence-corrected chi connectivity index (χ0v) is 9.17. The zero-order chi connectivity index (χ0) is 9.84. The highest BCUT2D eigenvalue weighted by atomic mass is 15.3. The SMILES string of the molecule is CCCCn1ncc(C)c1C(C)C. The molecule has 0 aromatic carbocycles. The standard InChI is InChI=1S/C11H20N2/c1-5-6-7-13-11(9(2)3)10(4)8-12-13/h8-9H,5-7H2,1-4H3. The molecule has 13 heavy (non-hydrogen) atoms. The highest BCUT2D eigenvalue weighted by Crippen LogP contribution is 2.18. The van der Waals surface area contributed by atoms with Crippen molar-refractivity contribution in [1.29, 1.82) is 0 Å². The lowest BCUT2D eigenvalue weighted by Crippen LogP contribution is -2.06. The molecule has 0 atom stereocenters. The first-order chi connectivity index (χ1) is 6.16. The van der Waals surface area contributed by atoms with Crippen LogP contribution in [0.25, 0.3) is 0 Å². The van der Waals surface area contributed by atoms with Crippen LogP contribution in [0.1, 0.15) is 50.8 Å². The quantitative estimate of drug-likeness (QED) is 0.696. The molecule has 0 amide bonds. The van der Waals surface area contributed by atoms with Crippen molar-refractivity contribution >= 4 is 0 Å². The van der Waals surface area contributed by atoms with Crippen molar-refractivity contribution < 1.29 is 0 Å². The van der Waals surface area contributed by atoms with Crippen LogP contribution in [0.3, 0.4) is 0 Å². The van der Waals surface area contributed by atoms with Crippen molar-refractivity contribution in [3.05, 3.63) is 17.5 Å². The van der Waals surface area contributed by atoms with Gasteiger partial charge in [-0.1, -0.05) is 27.2 Å². The summed E-state index contributed by atoms with van der Waals surface area (Å²) in [7, 11) is 0. The third-order valence-corrected chi connectivity index (χ3v) is 2.34. The molecule has 1 rings (SSSR count). The molecule has 0 aliphatic heterocycles. The van der Waals surface area contributed by atoms with Crippen molar-refractivity contribution in [3.8, 4) is 0 Å². The van der Waals surface area contributed by atoms with Gasteiger partial charge in [-0.15, -0.1) is 0 Å². The lowest BCUT2D eigenvalue weighted by Gasteiger charge is -2.10. The number of unbranched alkanes of at least 4 members (excludes halogenated alkanes) is 1. The molecule has 0 unspecified atom stereocenters. The predicted octanol–water partition coefficient (Wildman–Crippen LogP) is 3.12. The van der Waals surface area contributed by atoms with Gasteiger partial charge in [0.05, 0.1) is 6.20 Å². The van der Waals surface area contributed by atoms with Gasteiger partial charge in [0.1, 0.15) is 0 Å². The van der Waals surface area contributed by atoms with E-state index in [0.717, 1.165) is 6.54 Å². The molecule has 0 spiro atoms. The Bertz CT molecular complexity index is 261. The fourth-order valence-corrected chi connectivity index (χ4v) is 1.73. The predicted molar refractivity (Wildman–Crippen MR) is 56.0 cm³/mol. The van der Waals surface area contributed by atoms with E-state index in [1.54, 1.807) is 0 Å². The summed E-state index contributed by atoms with van der Waals surface area (Å²) in [6, 6.07) is 0. The molecule has 0 N–H and O–H groups in total. The van der Waals surface area contributed by atoms with Gasteiger partial charge in [0.2, 0.25) is 0 Å². The summed E-state index contributed by atoms with van der Waals surface area (Å²) in [5.41, 5.74) is 2.72. The minimum absolute atomic E-state index is 0.583. The van der Waals surface area contributed by atoms with Crippen LogP contribution in [0.2, 0.25) is 0 Å². The van der Waals surface area contributed by atoms with Gasteiger partial charge in [0.25, 0.3) is 0 Å². The number of aromatic nitrogens is 2. The number of rotatable bonds is 4. The van der Waals surface area contributed by atoms with E-state index in [0.29, 0.717) is 5.92 Å². The number of aryl methyl sites for hydroxylation is 2. The molecule has 74 valence electrons. The Balaban J connectivity index is 2.81. The smallest absolute Gasteiger partial charge is 0.0521 e. The molecule has 1 aromatic rings. The summed E-state index contributed by atoms with van der Waals surface area (Å²) in [6.07, 6.45) is 4.43. The molecule has 0 radical (unpaired) electrons. The molecule has 0 aliphatic rings. The van der Waals surface area contributed by atoms with Crippen LogP contribution in [0, 0.1) is 6.92 Å². The second-order valence-corrected chi connectivity index (χ2v) is 3.94. The molecule has 0 bridgehead atoms. The molecule has 1 aromatic heterocycles. The largest absolute Gasteiger partial charge is 0.269 e. The summed E-state index contributed by atoms with van der Waals surface area (Å²) >= 11 is 0. The first-order valence-electron chi connectivity index (χ1n) is 5.19. The van der Waals surface area contributed by atoms with E-state index < -0.39 is 0 Å². The van der Waals surface area contributed by atoms with E-state index in [1.807, 2.05) is 6.20 Å². The van der Waals surface area contributed by atoms with Gasteiger partial charge in [-0.3, -0.25) is 4.68 Å². The summed E-state index contributed by atoms with van der Waals surface area (Å²) in [4.78, 5) is 0. The van der Waals surface area contributed by atoms with Gasteiger partial charge in [-0.05, 0) is 24.8 Å². The lowest BCUT2D eigenvalue weighted by atomic mass is 10.1. The van der Waals surface area contributed by atoms with Gasteiger partial charge >= 0.3 is 0 Å². The van der Waals surface area contributed by atoms with Gasteiger partial charge < -0.3 is 0 Å². The van der Waals surface area contributed by atoms with Crippen LogP contribution in [-0.4, -0.2) is 9.78 Å². The number of hydrogen-bond acceptors (Lipinski definition) is 1. The van der Waals surface area contributed by atoms with Gasteiger partial charge in [0.15, 0.2) is 0 Å². The van der Waals surface area contributed by atoms with Gasteiger partial charge in [0, 0.05) is 12.2 Å². The molecular formula is C11H20N2. The highest BCUT2D eigenvalue weighted by molar-refractivity contribution is 5.18. The minimum Gasteiger partial charge on any atom is -0.269 e. The molecular weight excluding hydrogens is 160 g/mol. The Labute approximate surface area is 81.0 Å². The highest BCUT2D eigenvalue weighted by Gasteiger charge is 2.09. The van der Waals surface area contributed by atoms with Crippen molar-refractivity contribution in [2.75, 3.05) is 0 Å². The second-order valence-electron chi connectivity index (χ2n) is 3.94. The monoisotopic (exact) mass is 180 g/mol. The van der Waals surface area contributed by atoms with Crippen LogP contribution in [-0.2, 0) is 6.54 Å². The fourth-order valence-electron chi connectivity index (χ4n) is 1.73. The summed E-state index contributed by atoms with van der Waals surface area (Å²) in [6.45, 7) is 9.88. The van der Waals surface area contributed by atoms with E-state index in [-0.39, 0.29) is 0 Å². The molecule has 0 fully saturated rings. The van der Waals surface area contributed by atoms with Crippen LogP contribution in [0.5, 0.6) is 0 Å². The van der Waals surface area contributed by atoms with Crippen molar-refractivity contribution in [1.82, 2.24) is 9.78 Å². The van der Waals surface area contributed by atoms with Gasteiger partial charge in [-0.2, -0.15) is 5.10 Å². The number of hydrogen-bond donors (Lipinski definition) is 0. The zero-order valence-electron chi connectivity index (χ0n) is 9.17.